The molecular formula is C19H18Cl2N2O4. The average molecular weight is 409 g/mol. The number of ether oxygens (including phenoxy) is 1. The number of halogens is 2. The summed E-state index contributed by atoms with van der Waals surface area (Å²) in [4.78, 5) is 24.0. The van der Waals surface area contributed by atoms with Crippen LogP contribution in [0.2, 0.25) is 10.0 Å². The molecule has 3 rings (SSSR count). The van der Waals surface area contributed by atoms with Crippen molar-refractivity contribution in [3.63, 3.8) is 0 Å². The van der Waals surface area contributed by atoms with Crippen molar-refractivity contribution in [2.45, 2.75) is 6.10 Å². The molecule has 1 saturated heterocycles. The van der Waals surface area contributed by atoms with Crippen molar-refractivity contribution in [1.82, 2.24) is 5.32 Å². The first kappa shape index (κ1) is 19.6. The van der Waals surface area contributed by atoms with E-state index in [1.807, 2.05) is 0 Å². The summed E-state index contributed by atoms with van der Waals surface area (Å²) in [7, 11) is 0. The van der Waals surface area contributed by atoms with Gasteiger partial charge in [-0.3, -0.25) is 4.79 Å². The van der Waals surface area contributed by atoms with Gasteiger partial charge in [-0.25, -0.2) is 4.79 Å². The molecule has 2 atom stereocenters. The predicted molar refractivity (Wildman–Crippen MR) is 104 cm³/mol. The topological polar surface area (TPSA) is 87.7 Å². The van der Waals surface area contributed by atoms with Crippen molar-refractivity contribution in [3.8, 4) is 0 Å². The first-order valence-electron chi connectivity index (χ1n) is 8.37. The summed E-state index contributed by atoms with van der Waals surface area (Å²) in [6.07, 6.45) is -0.502. The highest BCUT2D eigenvalue weighted by atomic mass is 35.5. The predicted octanol–water partition coefficient (Wildman–Crippen LogP) is 3.61. The zero-order valence-electron chi connectivity index (χ0n) is 14.2. The number of nitrogens with one attached hydrogen (secondary N) is 2. The minimum absolute atomic E-state index is 0.101. The van der Waals surface area contributed by atoms with E-state index < -0.39 is 18.0 Å². The summed E-state index contributed by atoms with van der Waals surface area (Å²) in [5, 5.41) is 15.9. The van der Waals surface area contributed by atoms with Crippen LogP contribution in [-0.4, -0.2) is 36.7 Å². The molecule has 3 N–H and O–H groups in total. The lowest BCUT2D eigenvalue weighted by molar-refractivity contribution is -0.124. The zero-order valence-corrected chi connectivity index (χ0v) is 15.8. The Labute approximate surface area is 166 Å². The van der Waals surface area contributed by atoms with E-state index in [-0.39, 0.29) is 11.5 Å². The molecule has 2 unspecified atom stereocenters. The largest absolute Gasteiger partial charge is 0.478 e. The van der Waals surface area contributed by atoms with Gasteiger partial charge in [0.15, 0.2) is 0 Å². The van der Waals surface area contributed by atoms with Crippen molar-refractivity contribution < 1.29 is 19.4 Å². The number of hydrogen-bond donors (Lipinski definition) is 3. The maximum absolute atomic E-state index is 12.9. The summed E-state index contributed by atoms with van der Waals surface area (Å²) >= 11 is 12.1. The number of anilines is 1. The van der Waals surface area contributed by atoms with Crippen LogP contribution < -0.4 is 10.6 Å². The molecule has 2 aromatic carbocycles. The lowest BCUT2D eigenvalue weighted by Gasteiger charge is -2.24. The molecule has 8 heteroatoms. The minimum Gasteiger partial charge on any atom is -0.478 e. The van der Waals surface area contributed by atoms with Crippen molar-refractivity contribution in [1.29, 1.82) is 0 Å². The number of carbonyl (C=O) groups excluding carboxylic acids is 1. The molecule has 142 valence electrons. The molecule has 2 aromatic rings. The van der Waals surface area contributed by atoms with Crippen LogP contribution >= 0.6 is 23.2 Å². The molecule has 0 radical (unpaired) electrons. The van der Waals surface area contributed by atoms with Gasteiger partial charge < -0.3 is 20.5 Å². The molecule has 6 nitrogen and oxygen atoms in total. The van der Waals surface area contributed by atoms with Gasteiger partial charge in [-0.15, -0.1) is 0 Å². The Hall–Kier alpha value is -2.12. The Bertz CT molecular complexity index is 859. The number of benzene rings is 2. The van der Waals surface area contributed by atoms with Gasteiger partial charge >= 0.3 is 5.97 Å². The molecule has 0 aliphatic carbocycles. The van der Waals surface area contributed by atoms with Crippen molar-refractivity contribution in [2.24, 2.45) is 5.92 Å². The van der Waals surface area contributed by atoms with Crippen molar-refractivity contribution in [3.05, 3.63) is 63.6 Å². The summed E-state index contributed by atoms with van der Waals surface area (Å²) in [6.45, 7) is 1.48. The van der Waals surface area contributed by atoms with Gasteiger partial charge in [-0.05, 0) is 35.9 Å². The van der Waals surface area contributed by atoms with Crippen molar-refractivity contribution >= 4 is 40.8 Å². The fourth-order valence-electron chi connectivity index (χ4n) is 2.95. The number of carboxylic acids is 1. The van der Waals surface area contributed by atoms with Gasteiger partial charge in [0, 0.05) is 18.8 Å². The van der Waals surface area contributed by atoms with E-state index in [9.17, 15) is 9.59 Å². The number of carbonyl (C=O) groups is 2. The van der Waals surface area contributed by atoms with Crippen LogP contribution in [0.15, 0.2) is 42.5 Å². The summed E-state index contributed by atoms with van der Waals surface area (Å²) in [5.41, 5.74) is 1.27. The van der Waals surface area contributed by atoms with Gasteiger partial charge in [0.25, 0.3) is 0 Å². The third-order valence-corrected chi connectivity index (χ3v) is 5.03. The highest BCUT2D eigenvalue weighted by molar-refractivity contribution is 6.42. The smallest absolute Gasteiger partial charge is 0.335 e. The lowest BCUT2D eigenvalue weighted by atomic mass is 9.94. The maximum atomic E-state index is 12.9. The van der Waals surface area contributed by atoms with Crippen LogP contribution in [0.5, 0.6) is 0 Å². The Morgan fingerprint density at radius 3 is 2.70 bits per heavy atom. The monoisotopic (exact) mass is 408 g/mol. The Morgan fingerprint density at radius 2 is 1.96 bits per heavy atom. The lowest BCUT2D eigenvalue weighted by Crippen LogP contribution is -2.35. The first-order valence-corrected chi connectivity index (χ1v) is 9.13. The molecule has 0 spiro atoms. The van der Waals surface area contributed by atoms with Crippen LogP contribution in [0.25, 0.3) is 0 Å². The van der Waals surface area contributed by atoms with E-state index in [0.717, 1.165) is 5.56 Å². The summed E-state index contributed by atoms with van der Waals surface area (Å²) in [6, 6.07) is 11.3. The van der Waals surface area contributed by atoms with Crippen LogP contribution in [0, 0.1) is 5.92 Å². The third kappa shape index (κ3) is 4.78. The highest BCUT2D eigenvalue weighted by Gasteiger charge is 2.32. The van der Waals surface area contributed by atoms with Crippen LogP contribution in [0.1, 0.15) is 22.0 Å². The molecule has 0 aromatic heterocycles. The molecule has 1 fully saturated rings. The van der Waals surface area contributed by atoms with E-state index >= 15 is 0 Å². The SMILES string of the molecule is O=C(O)c1cccc(NC(=O)C2CNCCOC2c2ccc(Cl)c(Cl)c2)c1. The normalized spacial score (nSPS) is 19.9. The number of hydrogen-bond acceptors (Lipinski definition) is 4. The minimum atomic E-state index is -1.06. The van der Waals surface area contributed by atoms with Crippen LogP contribution in [0.3, 0.4) is 0 Å². The van der Waals surface area contributed by atoms with Crippen molar-refractivity contribution in [2.75, 3.05) is 25.0 Å². The molecule has 1 aliphatic rings. The second kappa shape index (κ2) is 8.71. The van der Waals surface area contributed by atoms with Crippen LogP contribution in [-0.2, 0) is 9.53 Å². The quantitative estimate of drug-likeness (QED) is 0.718. The van der Waals surface area contributed by atoms with Gasteiger partial charge in [-0.1, -0.05) is 35.3 Å². The molecular weight excluding hydrogens is 391 g/mol. The molecule has 0 bridgehead atoms. The Balaban J connectivity index is 1.84. The molecule has 0 saturated carbocycles. The van der Waals surface area contributed by atoms with E-state index in [4.69, 9.17) is 33.0 Å². The fraction of sp³-hybridized carbons (Fsp3) is 0.263. The van der Waals surface area contributed by atoms with Gasteiger partial charge in [0.2, 0.25) is 5.91 Å². The van der Waals surface area contributed by atoms with E-state index in [1.54, 1.807) is 30.3 Å². The summed E-state index contributed by atoms with van der Waals surface area (Å²) < 4.78 is 5.90. The van der Waals surface area contributed by atoms with E-state index in [2.05, 4.69) is 10.6 Å². The standard InChI is InChI=1S/C19H18Cl2N2O4/c20-15-5-4-11(9-16(15)21)17-14(10-22-6-7-27-17)18(24)23-13-3-1-2-12(8-13)19(25)26/h1-5,8-9,14,17,22H,6-7,10H2,(H,23,24)(H,25,26). The molecule has 1 heterocycles. The van der Waals surface area contributed by atoms with Gasteiger partial charge in [0.05, 0.1) is 34.2 Å². The number of aromatic carboxylic acids is 1. The van der Waals surface area contributed by atoms with E-state index in [1.165, 1.54) is 12.1 Å². The average Bonchev–Trinajstić information content (AvgIpc) is 2.90. The Kier molecular flexibility index (Phi) is 6.34. The second-order valence-electron chi connectivity index (χ2n) is 6.15. The first-order chi connectivity index (χ1) is 13.0. The number of carboxylic acid groups (broad SMARTS) is 1. The second-order valence-corrected chi connectivity index (χ2v) is 6.97. The van der Waals surface area contributed by atoms with Crippen LogP contribution in [0.4, 0.5) is 5.69 Å². The zero-order chi connectivity index (χ0) is 19.4. The molecule has 27 heavy (non-hydrogen) atoms. The highest BCUT2D eigenvalue weighted by Crippen LogP contribution is 2.32. The van der Waals surface area contributed by atoms with Gasteiger partial charge in [-0.2, -0.15) is 0 Å². The Morgan fingerprint density at radius 1 is 1.15 bits per heavy atom. The summed E-state index contributed by atoms with van der Waals surface area (Å²) in [5.74, 6) is -1.86. The molecule has 1 aliphatic heterocycles. The third-order valence-electron chi connectivity index (χ3n) is 4.29. The number of amides is 1. The molecule has 1 amide bonds. The maximum Gasteiger partial charge on any atom is 0.335 e. The van der Waals surface area contributed by atoms with Gasteiger partial charge in [0.1, 0.15) is 0 Å². The fourth-order valence-corrected chi connectivity index (χ4v) is 3.26. The number of rotatable bonds is 4. The van der Waals surface area contributed by atoms with E-state index in [0.29, 0.717) is 35.4 Å².